The number of ether oxygens (including phenoxy) is 1. The second-order valence-electron chi connectivity index (χ2n) is 4.78. The van der Waals surface area contributed by atoms with Gasteiger partial charge in [-0.3, -0.25) is 14.9 Å². The molecule has 0 aromatic heterocycles. The highest BCUT2D eigenvalue weighted by molar-refractivity contribution is 5.99. The number of carbonyl (C=O) groups excluding carboxylic acids is 2. The minimum absolute atomic E-state index is 0.145. The van der Waals surface area contributed by atoms with Gasteiger partial charge in [0.1, 0.15) is 5.54 Å². The smallest absolute Gasteiger partial charge is 0.330 e. The highest BCUT2D eigenvalue weighted by atomic mass is 16.6. The van der Waals surface area contributed by atoms with E-state index in [-0.39, 0.29) is 16.8 Å². The Morgan fingerprint density at radius 2 is 1.95 bits per heavy atom. The molecule has 0 heterocycles. The van der Waals surface area contributed by atoms with Crippen LogP contribution in [0.25, 0.3) is 0 Å². The van der Waals surface area contributed by atoms with Crippen molar-refractivity contribution in [2.45, 2.75) is 26.3 Å². The fraction of sp³-hybridized carbons (Fsp3) is 0.385. The molecule has 0 aliphatic heterocycles. The third kappa shape index (κ3) is 3.11. The summed E-state index contributed by atoms with van der Waals surface area (Å²) in [5, 5.41) is 13.3. The van der Waals surface area contributed by atoms with Gasteiger partial charge in [-0.1, -0.05) is 6.07 Å². The van der Waals surface area contributed by atoms with Crippen LogP contribution in [0.1, 0.15) is 29.8 Å². The molecule has 7 heteroatoms. The molecule has 0 unspecified atom stereocenters. The maximum atomic E-state index is 12.1. The first kappa shape index (κ1) is 15.6. The highest BCUT2D eigenvalue weighted by Crippen LogP contribution is 2.21. The Balaban J connectivity index is 3.08. The normalized spacial score (nSPS) is 10.8. The van der Waals surface area contributed by atoms with E-state index >= 15 is 0 Å². The van der Waals surface area contributed by atoms with Gasteiger partial charge < -0.3 is 10.1 Å². The number of rotatable bonds is 4. The largest absolute Gasteiger partial charge is 0.467 e. The molecule has 1 N–H and O–H groups in total. The number of benzene rings is 1. The van der Waals surface area contributed by atoms with E-state index in [0.717, 1.165) is 0 Å². The van der Waals surface area contributed by atoms with Crippen molar-refractivity contribution in [3.8, 4) is 0 Å². The number of hydrogen-bond donors (Lipinski definition) is 1. The van der Waals surface area contributed by atoms with Crippen LogP contribution in [-0.2, 0) is 9.53 Å². The van der Waals surface area contributed by atoms with E-state index < -0.39 is 22.3 Å². The molecule has 0 atom stereocenters. The zero-order valence-corrected chi connectivity index (χ0v) is 11.7. The Morgan fingerprint density at radius 3 is 2.45 bits per heavy atom. The van der Waals surface area contributed by atoms with Crippen molar-refractivity contribution in [1.82, 2.24) is 5.32 Å². The molecule has 0 fully saturated rings. The predicted molar refractivity (Wildman–Crippen MR) is 71.4 cm³/mol. The molecule has 0 saturated heterocycles. The van der Waals surface area contributed by atoms with Crippen LogP contribution in [-0.4, -0.2) is 29.4 Å². The Hall–Kier alpha value is -2.44. The summed E-state index contributed by atoms with van der Waals surface area (Å²) >= 11 is 0. The zero-order valence-electron chi connectivity index (χ0n) is 11.7. The molecular formula is C13H16N2O5. The molecule has 20 heavy (non-hydrogen) atoms. The van der Waals surface area contributed by atoms with E-state index in [1.165, 1.54) is 46.1 Å². The number of nitro benzene ring substituents is 1. The quantitative estimate of drug-likeness (QED) is 0.513. The SMILES string of the molecule is COC(=O)C(C)(C)NC(=O)c1cccc([N+](=O)[O-])c1C. The van der Waals surface area contributed by atoms with Gasteiger partial charge in [0.15, 0.2) is 0 Å². The summed E-state index contributed by atoms with van der Waals surface area (Å²) in [4.78, 5) is 33.9. The molecule has 1 rings (SSSR count). The van der Waals surface area contributed by atoms with Crippen molar-refractivity contribution in [1.29, 1.82) is 0 Å². The highest BCUT2D eigenvalue weighted by Gasteiger charge is 2.31. The average molecular weight is 280 g/mol. The number of hydrogen-bond acceptors (Lipinski definition) is 5. The van der Waals surface area contributed by atoms with Crippen LogP contribution in [0.15, 0.2) is 18.2 Å². The topological polar surface area (TPSA) is 98.5 Å². The lowest BCUT2D eigenvalue weighted by atomic mass is 10.0. The average Bonchev–Trinajstić information content (AvgIpc) is 2.36. The predicted octanol–water partition coefficient (Wildman–Crippen LogP) is 1.58. The Morgan fingerprint density at radius 1 is 1.35 bits per heavy atom. The first-order valence-corrected chi connectivity index (χ1v) is 5.85. The minimum atomic E-state index is -1.22. The molecule has 0 aliphatic rings. The zero-order chi connectivity index (χ0) is 15.5. The molecule has 7 nitrogen and oxygen atoms in total. The van der Waals surface area contributed by atoms with E-state index in [2.05, 4.69) is 10.1 Å². The summed E-state index contributed by atoms with van der Waals surface area (Å²) in [6, 6.07) is 4.20. The van der Waals surface area contributed by atoms with E-state index in [9.17, 15) is 19.7 Å². The van der Waals surface area contributed by atoms with Crippen molar-refractivity contribution in [2.75, 3.05) is 7.11 Å². The minimum Gasteiger partial charge on any atom is -0.467 e. The maximum absolute atomic E-state index is 12.1. The fourth-order valence-corrected chi connectivity index (χ4v) is 1.72. The summed E-state index contributed by atoms with van der Waals surface area (Å²) in [6.45, 7) is 4.46. The Bertz CT molecular complexity index is 566. The summed E-state index contributed by atoms with van der Waals surface area (Å²) in [5.74, 6) is -1.17. The van der Waals surface area contributed by atoms with Crippen LogP contribution in [0.2, 0.25) is 0 Å². The number of nitro groups is 1. The number of carbonyl (C=O) groups is 2. The van der Waals surface area contributed by atoms with E-state index in [4.69, 9.17) is 0 Å². The van der Waals surface area contributed by atoms with E-state index in [0.29, 0.717) is 0 Å². The number of esters is 1. The number of nitrogens with one attached hydrogen (secondary N) is 1. The first-order valence-electron chi connectivity index (χ1n) is 5.85. The fourth-order valence-electron chi connectivity index (χ4n) is 1.72. The van der Waals surface area contributed by atoms with Gasteiger partial charge in [-0.15, -0.1) is 0 Å². The van der Waals surface area contributed by atoms with Gasteiger partial charge in [-0.05, 0) is 26.8 Å². The molecule has 108 valence electrons. The Labute approximate surface area is 116 Å². The van der Waals surface area contributed by atoms with Crippen LogP contribution in [0.3, 0.4) is 0 Å². The van der Waals surface area contributed by atoms with Crippen molar-refractivity contribution < 1.29 is 19.2 Å². The van der Waals surface area contributed by atoms with Crippen LogP contribution < -0.4 is 5.32 Å². The van der Waals surface area contributed by atoms with Gasteiger partial charge in [-0.2, -0.15) is 0 Å². The lowest BCUT2D eigenvalue weighted by molar-refractivity contribution is -0.385. The van der Waals surface area contributed by atoms with Crippen molar-refractivity contribution in [2.24, 2.45) is 0 Å². The van der Waals surface area contributed by atoms with Gasteiger partial charge in [0.2, 0.25) is 0 Å². The van der Waals surface area contributed by atoms with Crippen molar-refractivity contribution in [3.63, 3.8) is 0 Å². The molecule has 0 radical (unpaired) electrons. The van der Waals surface area contributed by atoms with E-state index in [1.54, 1.807) is 0 Å². The first-order chi connectivity index (χ1) is 9.20. The molecule has 1 amide bonds. The third-order valence-corrected chi connectivity index (χ3v) is 2.87. The molecule has 0 bridgehead atoms. The van der Waals surface area contributed by atoms with E-state index in [1.807, 2.05) is 0 Å². The summed E-state index contributed by atoms with van der Waals surface area (Å²) in [6.07, 6.45) is 0. The van der Waals surface area contributed by atoms with Gasteiger partial charge in [-0.25, -0.2) is 4.79 Å². The second kappa shape index (κ2) is 5.68. The number of methoxy groups -OCH3 is 1. The lowest BCUT2D eigenvalue weighted by Gasteiger charge is -2.23. The molecule has 1 aromatic rings. The van der Waals surface area contributed by atoms with Gasteiger partial charge >= 0.3 is 5.97 Å². The summed E-state index contributed by atoms with van der Waals surface area (Å²) < 4.78 is 4.58. The van der Waals surface area contributed by atoms with Crippen molar-refractivity contribution in [3.05, 3.63) is 39.4 Å². The molecule has 0 spiro atoms. The van der Waals surface area contributed by atoms with Gasteiger partial charge in [0.25, 0.3) is 11.6 Å². The number of nitrogens with zero attached hydrogens (tertiary/aromatic N) is 1. The summed E-state index contributed by atoms with van der Waals surface area (Å²) in [7, 11) is 1.22. The summed E-state index contributed by atoms with van der Waals surface area (Å²) in [5.41, 5.74) is -0.969. The monoisotopic (exact) mass is 280 g/mol. The number of amides is 1. The van der Waals surface area contributed by atoms with Crippen LogP contribution >= 0.6 is 0 Å². The molecular weight excluding hydrogens is 264 g/mol. The van der Waals surface area contributed by atoms with Crippen LogP contribution in [0, 0.1) is 17.0 Å². The van der Waals surface area contributed by atoms with Crippen LogP contribution in [0.5, 0.6) is 0 Å². The maximum Gasteiger partial charge on any atom is 0.330 e. The molecule has 0 saturated carbocycles. The third-order valence-electron chi connectivity index (χ3n) is 2.87. The molecule has 0 aliphatic carbocycles. The molecule has 1 aromatic carbocycles. The standard InChI is InChI=1S/C13H16N2O5/c1-8-9(6-5-7-10(8)15(18)19)11(16)14-13(2,3)12(17)20-4/h5-7H,1-4H3,(H,14,16). The lowest BCUT2D eigenvalue weighted by Crippen LogP contribution is -2.50. The Kier molecular flexibility index (Phi) is 4.44. The van der Waals surface area contributed by atoms with Crippen LogP contribution in [0.4, 0.5) is 5.69 Å². The van der Waals surface area contributed by atoms with Crippen molar-refractivity contribution >= 4 is 17.6 Å². The second-order valence-corrected chi connectivity index (χ2v) is 4.78. The van der Waals surface area contributed by atoms with Gasteiger partial charge in [0.05, 0.1) is 12.0 Å². The van der Waals surface area contributed by atoms with Gasteiger partial charge in [0, 0.05) is 17.2 Å².